The maximum absolute atomic E-state index is 12.2. The van der Waals surface area contributed by atoms with E-state index in [0.29, 0.717) is 5.75 Å². The molecule has 6 heteroatoms. The summed E-state index contributed by atoms with van der Waals surface area (Å²) in [7, 11) is -1.31. The number of halogens is 3. The van der Waals surface area contributed by atoms with E-state index in [1.807, 2.05) is 19.1 Å². The molecule has 92 valence electrons. The summed E-state index contributed by atoms with van der Waals surface area (Å²) in [6.07, 6.45) is 0. The summed E-state index contributed by atoms with van der Waals surface area (Å²) in [5.41, 5.74) is 1.15. The Kier molecular flexibility index (Phi) is 9.08. The predicted octanol–water partition coefficient (Wildman–Crippen LogP) is 3.64. The van der Waals surface area contributed by atoms with Crippen LogP contribution in [0.25, 0.3) is 0 Å². The van der Waals surface area contributed by atoms with E-state index in [1.54, 1.807) is 0 Å². The molecule has 0 N–H and O–H groups in total. The Morgan fingerprint density at radius 2 is 1.69 bits per heavy atom. The van der Waals surface area contributed by atoms with Gasteiger partial charge in [0.05, 0.1) is 0 Å². The quantitative estimate of drug-likeness (QED) is 0.773. The molecule has 0 fully saturated rings. The fourth-order valence-electron chi connectivity index (χ4n) is 1.28. The van der Waals surface area contributed by atoms with Gasteiger partial charge in [0.25, 0.3) is 0 Å². The third kappa shape index (κ3) is 5.69. The number of aryl methyl sites for hydroxylation is 1. The molecule has 0 aliphatic rings. The van der Waals surface area contributed by atoms with Crippen LogP contribution in [0, 0.1) is 6.92 Å². The van der Waals surface area contributed by atoms with Gasteiger partial charge in [0.1, 0.15) is 0 Å². The van der Waals surface area contributed by atoms with Crippen LogP contribution >= 0.6 is 24.8 Å². The average molecular weight is 319 g/mol. The van der Waals surface area contributed by atoms with Crippen LogP contribution in [0.15, 0.2) is 18.2 Å². The van der Waals surface area contributed by atoms with E-state index in [-0.39, 0.29) is 24.8 Å². The molecule has 0 atom stereocenters. The normalized spacial score (nSPS) is 9.81. The van der Waals surface area contributed by atoms with Gasteiger partial charge in [0.15, 0.2) is 0 Å². The smallest absolute Gasteiger partial charge is 0.147 e. The van der Waals surface area contributed by atoms with Crippen LogP contribution in [-0.2, 0) is 20.1 Å². The predicted molar refractivity (Wildman–Crippen MR) is 70.4 cm³/mol. The first kappa shape index (κ1) is 18.8. The monoisotopic (exact) mass is 318 g/mol. The minimum Gasteiger partial charge on any atom is -0.147 e. The number of benzene rings is 1. The van der Waals surface area contributed by atoms with Gasteiger partial charge in [-0.15, -0.1) is 24.8 Å². The van der Waals surface area contributed by atoms with E-state index in [4.69, 9.17) is 3.32 Å². The average Bonchev–Trinajstić information content (AvgIpc) is 2.02. The second-order valence-corrected chi connectivity index (χ2v) is 10.1. The van der Waals surface area contributed by atoms with Crippen molar-refractivity contribution in [3.63, 3.8) is 0 Å². The summed E-state index contributed by atoms with van der Waals surface area (Å²) in [4.78, 5) is 0. The minimum absolute atomic E-state index is 0. The molecule has 0 unspecified atom stereocenters. The first-order valence-electron chi connectivity index (χ1n) is 4.58. The van der Waals surface area contributed by atoms with Crippen molar-refractivity contribution in [3.05, 3.63) is 23.8 Å². The van der Waals surface area contributed by atoms with Crippen LogP contribution in [0.2, 0.25) is 19.6 Å². The molecule has 0 aromatic heterocycles. The SMILES string of the molecule is Cc1cc([O][Ti][F])cc([Si](C)(C)C)c1.Cl.Cl. The Balaban J connectivity index is 0. The number of hydrogen-bond donors (Lipinski definition) is 0. The zero-order valence-corrected chi connectivity index (χ0v) is 14.0. The fraction of sp³-hybridized carbons (Fsp3) is 0.400. The minimum atomic E-state index is -1.74. The fourth-order valence-corrected chi connectivity index (χ4v) is 2.84. The molecule has 1 aromatic rings. The van der Waals surface area contributed by atoms with E-state index in [1.165, 1.54) is 5.19 Å². The molecule has 1 rings (SSSR count). The van der Waals surface area contributed by atoms with Gasteiger partial charge in [-0.2, -0.15) is 0 Å². The third-order valence-corrected chi connectivity index (χ3v) is 4.58. The van der Waals surface area contributed by atoms with E-state index in [9.17, 15) is 3.09 Å². The van der Waals surface area contributed by atoms with Crippen molar-refractivity contribution in [1.29, 1.82) is 0 Å². The molecule has 0 heterocycles. The van der Waals surface area contributed by atoms with E-state index in [2.05, 4.69) is 25.7 Å². The molecule has 0 aliphatic carbocycles. The zero-order chi connectivity index (χ0) is 10.8. The van der Waals surface area contributed by atoms with Gasteiger partial charge in [0, 0.05) is 0 Å². The molecule has 1 aromatic carbocycles. The van der Waals surface area contributed by atoms with Crippen molar-refractivity contribution in [1.82, 2.24) is 0 Å². The maximum atomic E-state index is 12.2. The van der Waals surface area contributed by atoms with Crippen molar-refractivity contribution in [2.45, 2.75) is 26.6 Å². The largest absolute Gasteiger partial charge is 0.147 e. The molecule has 0 radical (unpaired) electrons. The van der Waals surface area contributed by atoms with Crippen molar-refractivity contribution in [2.24, 2.45) is 0 Å². The first-order valence-corrected chi connectivity index (χ1v) is 9.31. The first-order chi connectivity index (χ1) is 6.43. The van der Waals surface area contributed by atoms with Crippen molar-refractivity contribution in [3.8, 4) is 5.75 Å². The Hall–Kier alpha value is 0.461. The summed E-state index contributed by atoms with van der Waals surface area (Å²) in [5, 5.41) is 1.33. The van der Waals surface area contributed by atoms with Gasteiger partial charge in [-0.3, -0.25) is 0 Å². The summed E-state index contributed by atoms with van der Waals surface area (Å²) >= 11 is -1.74. The topological polar surface area (TPSA) is 9.23 Å². The summed E-state index contributed by atoms with van der Waals surface area (Å²) in [6, 6.07) is 6.06. The van der Waals surface area contributed by atoms with Crippen molar-refractivity contribution in [2.75, 3.05) is 0 Å². The van der Waals surface area contributed by atoms with Gasteiger partial charge in [0.2, 0.25) is 0 Å². The van der Waals surface area contributed by atoms with Crippen LogP contribution in [0.4, 0.5) is 3.09 Å². The second-order valence-electron chi connectivity index (χ2n) is 4.46. The summed E-state index contributed by atoms with van der Waals surface area (Å²) in [6.45, 7) is 8.85. The molecular weight excluding hydrogens is 302 g/mol. The molecule has 0 saturated heterocycles. The third-order valence-electron chi connectivity index (χ3n) is 2.07. The number of rotatable bonds is 3. The summed E-state index contributed by atoms with van der Waals surface area (Å²) < 4.78 is 17.2. The Bertz CT molecular complexity index is 331. The van der Waals surface area contributed by atoms with E-state index in [0.717, 1.165) is 5.56 Å². The van der Waals surface area contributed by atoms with Gasteiger partial charge in [-0.1, -0.05) is 0 Å². The standard InChI is InChI=1S/C10H16OSi.2ClH.FH.Ti/c1-8-5-9(11)7-10(6-8)12(2,3)4;;;;/h5-7,11H,1-4H3;3*1H;/q;;;;+2/p-2. The molecule has 0 bridgehead atoms. The van der Waals surface area contributed by atoms with Crippen molar-refractivity contribution >= 4 is 38.1 Å². The molecule has 0 amide bonds. The second kappa shape index (κ2) is 7.72. The van der Waals surface area contributed by atoms with Crippen LogP contribution in [-0.4, -0.2) is 8.07 Å². The molecule has 0 saturated carbocycles. The Morgan fingerprint density at radius 1 is 1.12 bits per heavy atom. The molecule has 16 heavy (non-hydrogen) atoms. The van der Waals surface area contributed by atoms with Gasteiger partial charge >= 0.3 is 95.8 Å². The van der Waals surface area contributed by atoms with Crippen LogP contribution < -0.4 is 8.51 Å². The van der Waals surface area contributed by atoms with Crippen molar-refractivity contribution < 1.29 is 26.5 Å². The van der Waals surface area contributed by atoms with Crippen LogP contribution in [0.1, 0.15) is 5.56 Å². The molecule has 1 nitrogen and oxygen atoms in total. The Morgan fingerprint density at radius 3 is 2.12 bits per heavy atom. The molecule has 0 spiro atoms. The van der Waals surface area contributed by atoms with Gasteiger partial charge in [-0.05, 0) is 0 Å². The van der Waals surface area contributed by atoms with Crippen LogP contribution in [0.5, 0.6) is 5.75 Å². The van der Waals surface area contributed by atoms with Crippen LogP contribution in [0.3, 0.4) is 0 Å². The van der Waals surface area contributed by atoms with Gasteiger partial charge in [-0.25, -0.2) is 0 Å². The van der Waals surface area contributed by atoms with E-state index >= 15 is 0 Å². The Labute approximate surface area is 120 Å². The zero-order valence-electron chi connectivity index (χ0n) is 9.83. The number of hydrogen-bond acceptors (Lipinski definition) is 1. The van der Waals surface area contributed by atoms with E-state index < -0.39 is 28.2 Å². The summed E-state index contributed by atoms with van der Waals surface area (Å²) in [5.74, 6) is 0.699. The maximum Gasteiger partial charge on any atom is -0.147 e. The molecular formula is C10H17Cl2FOSiTi. The molecule has 0 aliphatic heterocycles. The van der Waals surface area contributed by atoms with Gasteiger partial charge < -0.3 is 0 Å².